The van der Waals surface area contributed by atoms with Gasteiger partial charge in [-0.25, -0.2) is 4.98 Å². The molecule has 0 radical (unpaired) electrons. The summed E-state index contributed by atoms with van der Waals surface area (Å²) in [6, 6.07) is 4.17. The number of nitrogens with zero attached hydrogens (tertiary/aromatic N) is 3. The molecule has 0 atom stereocenters. The van der Waals surface area contributed by atoms with Crippen LogP contribution in [0.4, 0.5) is 5.95 Å². The molecule has 0 fully saturated rings. The number of anilines is 1. The van der Waals surface area contributed by atoms with Gasteiger partial charge in [0.1, 0.15) is 0 Å². The lowest BCUT2D eigenvalue weighted by molar-refractivity contribution is 0.741. The zero-order valence-corrected chi connectivity index (χ0v) is 9.36. The quantitative estimate of drug-likeness (QED) is 0.831. The van der Waals surface area contributed by atoms with Crippen molar-refractivity contribution in [1.29, 1.82) is 0 Å². The van der Waals surface area contributed by atoms with Crippen LogP contribution in [0, 0.1) is 13.8 Å². The first-order valence-corrected chi connectivity index (χ1v) is 5.15. The molecule has 15 heavy (non-hydrogen) atoms. The van der Waals surface area contributed by atoms with Gasteiger partial charge in [-0.3, -0.25) is 10.1 Å². The molecule has 2 aromatic rings. The molecular formula is C11H16N4. The zero-order chi connectivity index (χ0) is 10.8. The fourth-order valence-electron chi connectivity index (χ4n) is 1.62. The Morgan fingerprint density at radius 2 is 1.93 bits per heavy atom. The monoisotopic (exact) mass is 204 g/mol. The first kappa shape index (κ1) is 9.83. The van der Waals surface area contributed by atoms with Crippen molar-refractivity contribution in [3.8, 4) is 0 Å². The Kier molecular flexibility index (Phi) is 2.49. The highest BCUT2D eigenvalue weighted by molar-refractivity contribution is 5.29. The second-order valence-electron chi connectivity index (χ2n) is 3.60. The first-order valence-electron chi connectivity index (χ1n) is 5.15. The van der Waals surface area contributed by atoms with Crippen LogP contribution >= 0.6 is 0 Å². The summed E-state index contributed by atoms with van der Waals surface area (Å²) in [5.41, 5.74) is 5.65. The fraction of sp³-hybridized carbons (Fsp3) is 0.364. The van der Waals surface area contributed by atoms with Gasteiger partial charge in [0.25, 0.3) is 0 Å². The van der Waals surface area contributed by atoms with Crippen molar-refractivity contribution in [1.82, 2.24) is 14.2 Å². The Morgan fingerprint density at radius 1 is 1.27 bits per heavy atom. The molecule has 0 aliphatic carbocycles. The van der Waals surface area contributed by atoms with Crippen LogP contribution in [0.1, 0.15) is 18.3 Å². The summed E-state index contributed by atoms with van der Waals surface area (Å²) in [5, 5.41) is 0. The van der Waals surface area contributed by atoms with Crippen LogP contribution in [0.5, 0.6) is 0 Å². The van der Waals surface area contributed by atoms with E-state index in [1.165, 1.54) is 11.4 Å². The average Bonchev–Trinajstić information content (AvgIpc) is 2.79. The highest BCUT2D eigenvalue weighted by Gasteiger charge is 2.04. The van der Waals surface area contributed by atoms with Gasteiger partial charge in [-0.1, -0.05) is 0 Å². The molecule has 0 saturated carbocycles. The van der Waals surface area contributed by atoms with Crippen molar-refractivity contribution in [3.63, 3.8) is 0 Å². The topological polar surface area (TPSA) is 34.8 Å². The van der Waals surface area contributed by atoms with Gasteiger partial charge in [-0.15, -0.1) is 0 Å². The van der Waals surface area contributed by atoms with Crippen LogP contribution in [0.25, 0.3) is 0 Å². The Balaban J connectivity index is 2.29. The normalized spacial score (nSPS) is 10.6. The van der Waals surface area contributed by atoms with E-state index < -0.39 is 0 Å². The summed E-state index contributed by atoms with van der Waals surface area (Å²) >= 11 is 0. The highest BCUT2D eigenvalue weighted by Crippen LogP contribution is 2.10. The number of aromatic nitrogens is 3. The summed E-state index contributed by atoms with van der Waals surface area (Å²) in [5.74, 6) is 0.875. The molecule has 2 heterocycles. The van der Waals surface area contributed by atoms with Crippen LogP contribution in [-0.2, 0) is 6.54 Å². The van der Waals surface area contributed by atoms with Crippen molar-refractivity contribution in [2.75, 3.05) is 5.43 Å². The number of hydrogen-bond acceptors (Lipinski definition) is 2. The fourth-order valence-corrected chi connectivity index (χ4v) is 1.62. The second kappa shape index (κ2) is 3.81. The molecule has 0 aliphatic rings. The van der Waals surface area contributed by atoms with E-state index in [9.17, 15) is 0 Å². The van der Waals surface area contributed by atoms with Crippen molar-refractivity contribution in [2.24, 2.45) is 0 Å². The lowest BCUT2D eigenvalue weighted by atomic mass is 10.5. The molecule has 0 spiro atoms. The van der Waals surface area contributed by atoms with E-state index in [0.29, 0.717) is 0 Å². The molecule has 1 N–H and O–H groups in total. The Hall–Kier alpha value is -1.71. The van der Waals surface area contributed by atoms with E-state index in [2.05, 4.69) is 47.9 Å². The molecule has 2 rings (SSSR count). The van der Waals surface area contributed by atoms with E-state index in [-0.39, 0.29) is 0 Å². The minimum Gasteiger partial charge on any atom is -0.316 e. The molecule has 0 bridgehead atoms. The summed E-state index contributed by atoms with van der Waals surface area (Å²) in [6.45, 7) is 7.16. The lowest BCUT2D eigenvalue weighted by Gasteiger charge is -2.12. The summed E-state index contributed by atoms with van der Waals surface area (Å²) < 4.78 is 4.10. The van der Waals surface area contributed by atoms with Crippen molar-refractivity contribution < 1.29 is 0 Å². The molecule has 0 amide bonds. The Morgan fingerprint density at radius 3 is 2.53 bits per heavy atom. The van der Waals surface area contributed by atoms with Crippen molar-refractivity contribution >= 4 is 5.95 Å². The average molecular weight is 204 g/mol. The predicted octanol–water partition coefficient (Wildman–Crippen LogP) is 2.20. The predicted molar refractivity (Wildman–Crippen MR) is 60.8 cm³/mol. The van der Waals surface area contributed by atoms with E-state index in [1.54, 1.807) is 6.20 Å². The van der Waals surface area contributed by atoms with E-state index in [1.807, 2.05) is 10.9 Å². The van der Waals surface area contributed by atoms with Gasteiger partial charge in [-0.2, -0.15) is 0 Å². The van der Waals surface area contributed by atoms with Gasteiger partial charge >= 0.3 is 0 Å². The third kappa shape index (κ3) is 1.75. The highest BCUT2D eigenvalue weighted by atomic mass is 15.5. The van der Waals surface area contributed by atoms with Gasteiger partial charge in [0, 0.05) is 30.3 Å². The third-order valence-electron chi connectivity index (χ3n) is 2.54. The standard InChI is InChI=1S/C11H16N4/c1-4-14-8-7-12-11(14)13-15-9(2)5-6-10(15)3/h5-8H,4H2,1-3H3,(H,12,13). The van der Waals surface area contributed by atoms with E-state index in [4.69, 9.17) is 0 Å². The van der Waals surface area contributed by atoms with Crippen LogP contribution in [0.2, 0.25) is 0 Å². The Labute approximate surface area is 89.5 Å². The van der Waals surface area contributed by atoms with Crippen LogP contribution in [0.3, 0.4) is 0 Å². The number of rotatable bonds is 3. The van der Waals surface area contributed by atoms with Crippen LogP contribution in [-0.4, -0.2) is 14.2 Å². The Bertz CT molecular complexity index is 433. The first-order chi connectivity index (χ1) is 7.22. The third-order valence-corrected chi connectivity index (χ3v) is 2.54. The minimum absolute atomic E-state index is 0.875. The maximum atomic E-state index is 4.28. The molecule has 0 saturated heterocycles. The van der Waals surface area contributed by atoms with E-state index >= 15 is 0 Å². The summed E-state index contributed by atoms with van der Waals surface area (Å²) in [4.78, 5) is 4.28. The van der Waals surface area contributed by atoms with Crippen molar-refractivity contribution in [2.45, 2.75) is 27.3 Å². The summed E-state index contributed by atoms with van der Waals surface area (Å²) in [6.07, 6.45) is 3.77. The maximum absolute atomic E-state index is 4.28. The number of hydrogen-bond donors (Lipinski definition) is 1. The molecule has 4 heteroatoms. The van der Waals surface area contributed by atoms with Gasteiger partial charge in [0.15, 0.2) is 0 Å². The number of nitrogens with one attached hydrogen (secondary N) is 1. The molecular weight excluding hydrogens is 188 g/mol. The van der Waals surface area contributed by atoms with Gasteiger partial charge in [0.05, 0.1) is 0 Å². The second-order valence-corrected chi connectivity index (χ2v) is 3.60. The van der Waals surface area contributed by atoms with Gasteiger partial charge < -0.3 is 4.57 Å². The lowest BCUT2D eigenvalue weighted by Crippen LogP contribution is -2.15. The molecule has 0 aliphatic heterocycles. The summed E-state index contributed by atoms with van der Waals surface area (Å²) in [7, 11) is 0. The largest absolute Gasteiger partial charge is 0.316 e. The van der Waals surface area contributed by atoms with E-state index in [0.717, 1.165) is 12.5 Å². The maximum Gasteiger partial charge on any atom is 0.222 e. The SMILES string of the molecule is CCn1ccnc1Nn1c(C)ccc1C. The molecule has 80 valence electrons. The zero-order valence-electron chi connectivity index (χ0n) is 9.36. The van der Waals surface area contributed by atoms with Gasteiger partial charge in [-0.05, 0) is 32.9 Å². The van der Waals surface area contributed by atoms with Crippen molar-refractivity contribution in [3.05, 3.63) is 35.9 Å². The smallest absolute Gasteiger partial charge is 0.222 e. The number of imidazole rings is 1. The van der Waals surface area contributed by atoms with Gasteiger partial charge in [0.2, 0.25) is 5.95 Å². The minimum atomic E-state index is 0.875. The van der Waals surface area contributed by atoms with Crippen LogP contribution < -0.4 is 5.43 Å². The molecule has 4 nitrogen and oxygen atoms in total. The molecule has 0 unspecified atom stereocenters. The molecule has 0 aromatic carbocycles. The number of aryl methyl sites for hydroxylation is 3. The van der Waals surface area contributed by atoms with Crippen LogP contribution in [0.15, 0.2) is 24.5 Å². The molecule has 2 aromatic heterocycles.